The summed E-state index contributed by atoms with van der Waals surface area (Å²) < 4.78 is 36.2. The van der Waals surface area contributed by atoms with Crippen LogP contribution in [0.4, 0.5) is 4.39 Å². The molecule has 1 atom stereocenters. The minimum atomic E-state index is -3.48. The molecule has 0 bridgehead atoms. The summed E-state index contributed by atoms with van der Waals surface area (Å²) in [4.78, 5) is 11.7. The van der Waals surface area contributed by atoms with Crippen molar-refractivity contribution in [3.63, 3.8) is 0 Å². The lowest BCUT2D eigenvalue weighted by Crippen LogP contribution is -2.37. The molecule has 21 heavy (non-hydrogen) atoms. The number of benzene rings is 1. The van der Waals surface area contributed by atoms with Crippen LogP contribution in [0, 0.1) is 17.7 Å². The van der Waals surface area contributed by atoms with Gasteiger partial charge in [-0.2, -0.15) is 0 Å². The lowest BCUT2D eigenvalue weighted by molar-refractivity contribution is -0.120. The van der Waals surface area contributed by atoms with Crippen molar-refractivity contribution >= 4 is 15.7 Å². The summed E-state index contributed by atoms with van der Waals surface area (Å²) in [7, 11) is -3.48. The van der Waals surface area contributed by atoms with Crippen molar-refractivity contribution in [2.45, 2.75) is 18.7 Å². The Bertz CT molecular complexity index is 690. The van der Waals surface area contributed by atoms with Gasteiger partial charge in [-0.05, 0) is 25.1 Å². The number of hydrogen-bond donors (Lipinski definition) is 2. The number of halogens is 1. The van der Waals surface area contributed by atoms with E-state index < -0.39 is 26.8 Å². The maximum absolute atomic E-state index is 13.6. The second-order valence-corrected chi connectivity index (χ2v) is 6.87. The molecule has 3 N–H and O–H groups in total. The molecule has 1 aromatic rings. The average molecular weight is 312 g/mol. The van der Waals surface area contributed by atoms with Crippen molar-refractivity contribution in [2.75, 3.05) is 12.8 Å². The van der Waals surface area contributed by atoms with Crippen molar-refractivity contribution in [3.8, 4) is 11.8 Å². The first-order valence-corrected chi connectivity index (χ1v) is 8.15. The standard InChI is InChI=1S/C14H17FN2O3S/c1-10(21(2,19)20)14(18)17-9-12-8-11(4-3-7-16)5-6-13(12)15/h5-6,8,10H,7,9,16H2,1-2H3,(H,17,18). The Balaban J connectivity index is 2.82. The third-order valence-electron chi connectivity index (χ3n) is 2.85. The first-order valence-electron chi connectivity index (χ1n) is 6.19. The molecule has 0 fully saturated rings. The Hall–Kier alpha value is -1.91. The third-order valence-corrected chi connectivity index (χ3v) is 4.34. The number of sulfone groups is 1. The fraction of sp³-hybridized carbons (Fsp3) is 0.357. The highest BCUT2D eigenvalue weighted by Gasteiger charge is 2.23. The predicted molar refractivity (Wildman–Crippen MR) is 78.5 cm³/mol. The van der Waals surface area contributed by atoms with Crippen LogP contribution < -0.4 is 11.1 Å². The molecule has 0 aliphatic rings. The molecule has 0 heterocycles. The number of carbonyl (C=O) groups excluding carboxylic acids is 1. The zero-order valence-electron chi connectivity index (χ0n) is 11.8. The van der Waals surface area contributed by atoms with Crippen LogP contribution in [-0.4, -0.2) is 32.4 Å². The van der Waals surface area contributed by atoms with E-state index in [9.17, 15) is 17.6 Å². The molecule has 5 nitrogen and oxygen atoms in total. The highest BCUT2D eigenvalue weighted by molar-refractivity contribution is 7.92. The molecule has 0 aromatic heterocycles. The lowest BCUT2D eigenvalue weighted by atomic mass is 10.1. The summed E-state index contributed by atoms with van der Waals surface area (Å²) in [6.07, 6.45) is 0.973. The topological polar surface area (TPSA) is 89.3 Å². The van der Waals surface area contributed by atoms with E-state index >= 15 is 0 Å². The molecule has 114 valence electrons. The van der Waals surface area contributed by atoms with Gasteiger partial charge < -0.3 is 11.1 Å². The van der Waals surface area contributed by atoms with Gasteiger partial charge in [0.15, 0.2) is 9.84 Å². The van der Waals surface area contributed by atoms with Crippen molar-refractivity contribution in [2.24, 2.45) is 5.73 Å². The Labute approximate surface area is 123 Å². The van der Waals surface area contributed by atoms with Crippen molar-refractivity contribution < 1.29 is 17.6 Å². The Kier molecular flexibility index (Phi) is 5.88. The number of amides is 1. The fourth-order valence-electron chi connectivity index (χ4n) is 1.46. The molecule has 7 heteroatoms. The van der Waals surface area contributed by atoms with Crippen LogP contribution in [0.5, 0.6) is 0 Å². The summed E-state index contributed by atoms with van der Waals surface area (Å²) in [6, 6.07) is 4.23. The van der Waals surface area contributed by atoms with Crippen LogP contribution >= 0.6 is 0 Å². The molecule has 1 unspecified atom stereocenters. The van der Waals surface area contributed by atoms with E-state index in [4.69, 9.17) is 5.73 Å². The first kappa shape index (κ1) is 17.1. The van der Waals surface area contributed by atoms with Crippen LogP contribution in [-0.2, 0) is 21.2 Å². The van der Waals surface area contributed by atoms with Crippen molar-refractivity contribution in [3.05, 3.63) is 35.1 Å². The van der Waals surface area contributed by atoms with Gasteiger partial charge in [0.1, 0.15) is 11.1 Å². The zero-order valence-corrected chi connectivity index (χ0v) is 12.6. The second-order valence-electron chi connectivity index (χ2n) is 4.50. The minimum Gasteiger partial charge on any atom is -0.351 e. The predicted octanol–water partition coefficient (Wildman–Crippen LogP) is 0.185. The zero-order chi connectivity index (χ0) is 16.0. The fourth-order valence-corrected chi connectivity index (χ4v) is 1.93. The molecular formula is C14H17FN2O3S. The van der Waals surface area contributed by atoms with Gasteiger partial charge in [0.05, 0.1) is 6.54 Å². The van der Waals surface area contributed by atoms with Gasteiger partial charge in [-0.1, -0.05) is 11.8 Å². The van der Waals surface area contributed by atoms with Gasteiger partial charge in [0.2, 0.25) is 5.91 Å². The highest BCUT2D eigenvalue weighted by atomic mass is 32.2. The molecule has 0 radical (unpaired) electrons. The van der Waals surface area contributed by atoms with Gasteiger partial charge >= 0.3 is 0 Å². The quantitative estimate of drug-likeness (QED) is 0.777. The summed E-state index contributed by atoms with van der Waals surface area (Å²) in [5.41, 5.74) is 6.06. The molecule has 1 rings (SSSR count). The van der Waals surface area contributed by atoms with Gasteiger partial charge in [-0.15, -0.1) is 0 Å². The van der Waals surface area contributed by atoms with E-state index in [0.717, 1.165) is 6.26 Å². The molecule has 0 aliphatic carbocycles. The largest absolute Gasteiger partial charge is 0.351 e. The lowest BCUT2D eigenvalue weighted by Gasteiger charge is -2.11. The normalized spacial score (nSPS) is 12.2. The van der Waals surface area contributed by atoms with Gasteiger partial charge in [0, 0.05) is 23.9 Å². The monoisotopic (exact) mass is 312 g/mol. The van der Waals surface area contributed by atoms with Crippen LogP contribution in [0.15, 0.2) is 18.2 Å². The van der Waals surface area contributed by atoms with Crippen LogP contribution in [0.1, 0.15) is 18.1 Å². The molecule has 0 saturated carbocycles. The summed E-state index contributed by atoms with van der Waals surface area (Å²) in [6.45, 7) is 1.36. The first-order chi connectivity index (χ1) is 9.75. The smallest absolute Gasteiger partial charge is 0.238 e. The molecule has 0 spiro atoms. The number of nitrogens with two attached hydrogens (primary N) is 1. The number of carbonyl (C=O) groups is 1. The molecule has 0 saturated heterocycles. The summed E-state index contributed by atoms with van der Waals surface area (Å²) in [5, 5.41) is 1.22. The van der Waals surface area contributed by atoms with Crippen molar-refractivity contribution in [1.82, 2.24) is 5.32 Å². The van der Waals surface area contributed by atoms with E-state index in [-0.39, 0.29) is 18.7 Å². The SMILES string of the molecule is CC(C(=O)NCc1cc(C#CCN)ccc1F)S(C)(=O)=O. The molecular weight excluding hydrogens is 295 g/mol. The van der Waals surface area contributed by atoms with Crippen LogP contribution in [0.2, 0.25) is 0 Å². The van der Waals surface area contributed by atoms with E-state index in [1.165, 1.54) is 25.1 Å². The van der Waals surface area contributed by atoms with Crippen LogP contribution in [0.25, 0.3) is 0 Å². The summed E-state index contributed by atoms with van der Waals surface area (Å²) >= 11 is 0. The van der Waals surface area contributed by atoms with E-state index in [0.29, 0.717) is 5.56 Å². The maximum Gasteiger partial charge on any atom is 0.238 e. The number of rotatable bonds is 4. The Morgan fingerprint density at radius 2 is 2.14 bits per heavy atom. The van der Waals surface area contributed by atoms with E-state index in [2.05, 4.69) is 17.2 Å². The minimum absolute atomic E-state index is 0.108. The van der Waals surface area contributed by atoms with Crippen molar-refractivity contribution in [1.29, 1.82) is 0 Å². The van der Waals surface area contributed by atoms with E-state index in [1.807, 2.05) is 0 Å². The molecule has 1 amide bonds. The second kappa shape index (κ2) is 7.20. The third kappa shape index (κ3) is 5.17. The van der Waals surface area contributed by atoms with Gasteiger partial charge in [-0.25, -0.2) is 12.8 Å². The highest BCUT2D eigenvalue weighted by Crippen LogP contribution is 2.10. The number of hydrogen-bond acceptors (Lipinski definition) is 4. The molecule has 1 aromatic carbocycles. The van der Waals surface area contributed by atoms with E-state index in [1.54, 1.807) is 0 Å². The van der Waals surface area contributed by atoms with Gasteiger partial charge in [-0.3, -0.25) is 4.79 Å². The summed E-state index contributed by atoms with van der Waals surface area (Å²) in [5.74, 6) is 4.23. The molecule has 0 aliphatic heterocycles. The average Bonchev–Trinajstić information content (AvgIpc) is 2.42. The Morgan fingerprint density at radius 1 is 1.48 bits per heavy atom. The number of nitrogens with one attached hydrogen (secondary N) is 1. The Morgan fingerprint density at radius 3 is 2.71 bits per heavy atom. The maximum atomic E-state index is 13.6. The van der Waals surface area contributed by atoms with Crippen LogP contribution in [0.3, 0.4) is 0 Å². The van der Waals surface area contributed by atoms with Gasteiger partial charge in [0.25, 0.3) is 0 Å².